The number of amides is 1. The molecular formula is C22H25N3O4S. The molecule has 1 aromatic carbocycles. The second kappa shape index (κ2) is 9.13. The summed E-state index contributed by atoms with van der Waals surface area (Å²) in [4.78, 5) is 28.0. The molecule has 0 bridgehead atoms. The van der Waals surface area contributed by atoms with Gasteiger partial charge in [0.1, 0.15) is 16.1 Å². The number of hydrogen-bond acceptors (Lipinski definition) is 7. The number of esters is 1. The molecule has 0 spiro atoms. The van der Waals surface area contributed by atoms with Crippen molar-refractivity contribution in [2.75, 3.05) is 29.9 Å². The lowest BCUT2D eigenvalue weighted by Crippen LogP contribution is -2.22. The van der Waals surface area contributed by atoms with Gasteiger partial charge in [-0.1, -0.05) is 0 Å². The van der Waals surface area contributed by atoms with Crippen LogP contribution in [0.15, 0.2) is 34.7 Å². The summed E-state index contributed by atoms with van der Waals surface area (Å²) in [6, 6.07) is 9.04. The smallest absolute Gasteiger partial charge is 0.341 e. The molecule has 3 rings (SSSR count). The number of nitrogens with one attached hydrogen (secondary N) is 2. The third-order valence-corrected chi connectivity index (χ3v) is 5.67. The van der Waals surface area contributed by atoms with E-state index in [1.807, 2.05) is 25.1 Å². The summed E-state index contributed by atoms with van der Waals surface area (Å²) < 4.78 is 10.7. The number of aryl methyl sites for hydroxylation is 1. The average molecular weight is 428 g/mol. The minimum Gasteiger partial charge on any atom is -0.462 e. The van der Waals surface area contributed by atoms with E-state index in [1.54, 1.807) is 19.1 Å². The van der Waals surface area contributed by atoms with E-state index in [2.05, 4.69) is 24.1 Å². The lowest BCUT2D eigenvalue weighted by atomic mass is 10.1. The summed E-state index contributed by atoms with van der Waals surface area (Å²) in [5.41, 5.74) is 1.71. The van der Waals surface area contributed by atoms with Crippen LogP contribution in [-0.4, -0.2) is 31.6 Å². The molecule has 0 saturated carbocycles. The zero-order valence-electron chi connectivity index (χ0n) is 17.5. The van der Waals surface area contributed by atoms with E-state index in [0.29, 0.717) is 16.1 Å². The Morgan fingerprint density at radius 2 is 1.87 bits per heavy atom. The minimum absolute atomic E-state index is 0.0963. The number of nitrogens with zero attached hydrogens (tertiary/aromatic N) is 1. The zero-order chi connectivity index (χ0) is 21.8. The molecule has 3 aromatic rings. The minimum atomic E-state index is -0.508. The molecule has 0 unspecified atom stereocenters. The summed E-state index contributed by atoms with van der Waals surface area (Å²) in [7, 11) is 0. The summed E-state index contributed by atoms with van der Waals surface area (Å²) in [6.45, 7) is 9.69. The number of anilines is 2. The number of carbonyl (C=O) groups excluding carboxylic acids is 2. The molecule has 0 aliphatic heterocycles. The Kier molecular flexibility index (Phi) is 6.56. The van der Waals surface area contributed by atoms with Crippen molar-refractivity contribution in [1.29, 1.82) is 5.41 Å². The quantitative estimate of drug-likeness (QED) is 0.539. The fourth-order valence-electron chi connectivity index (χ4n) is 3.21. The largest absolute Gasteiger partial charge is 0.462 e. The number of ether oxygens (including phenoxy) is 1. The Labute approximate surface area is 178 Å². The van der Waals surface area contributed by atoms with Gasteiger partial charge >= 0.3 is 5.97 Å². The Morgan fingerprint density at radius 3 is 2.53 bits per heavy atom. The van der Waals surface area contributed by atoms with Crippen LogP contribution in [0.25, 0.3) is 11.0 Å². The summed E-state index contributed by atoms with van der Waals surface area (Å²) in [5.74, 6) is -0.999. The number of carbonyl (C=O) groups is 2. The second-order valence-electron chi connectivity index (χ2n) is 6.66. The summed E-state index contributed by atoms with van der Waals surface area (Å²) in [5, 5.41) is 12.0. The van der Waals surface area contributed by atoms with Gasteiger partial charge < -0.3 is 19.4 Å². The van der Waals surface area contributed by atoms with Crippen LogP contribution in [-0.2, 0) is 4.74 Å². The van der Waals surface area contributed by atoms with Crippen molar-refractivity contribution in [3.8, 4) is 0 Å². The van der Waals surface area contributed by atoms with Crippen LogP contribution in [0.4, 0.5) is 10.7 Å². The maximum Gasteiger partial charge on any atom is 0.341 e. The van der Waals surface area contributed by atoms with Gasteiger partial charge in [0.15, 0.2) is 0 Å². The first-order valence-electron chi connectivity index (χ1n) is 9.84. The number of thiophene rings is 1. The third-order valence-electron chi connectivity index (χ3n) is 4.70. The van der Waals surface area contributed by atoms with Gasteiger partial charge in [-0.3, -0.25) is 10.2 Å². The topological polar surface area (TPSA) is 95.6 Å². The highest BCUT2D eigenvalue weighted by Gasteiger charge is 2.20. The SMILES string of the molecule is CCOC(=O)c1cc(C)sc1NC(=O)c1cc2ccc(N(CC)CC)cc2oc1=N. The van der Waals surface area contributed by atoms with Crippen molar-refractivity contribution in [3.05, 3.63) is 51.9 Å². The summed E-state index contributed by atoms with van der Waals surface area (Å²) in [6.07, 6.45) is 0. The standard InChI is InChI=1S/C22H25N3O4S/c1-5-25(6-2)15-9-8-14-11-16(19(23)29-18(14)12-15)20(26)24-21-17(10-13(4)30-21)22(27)28-7-3/h8-12,23H,5-7H2,1-4H3,(H,24,26). The van der Waals surface area contributed by atoms with Gasteiger partial charge in [-0.25, -0.2) is 4.79 Å². The number of fused-ring (bicyclic) bond motifs is 1. The Bertz CT molecular complexity index is 1140. The van der Waals surface area contributed by atoms with Crippen LogP contribution in [0.1, 0.15) is 46.4 Å². The fourth-order valence-corrected chi connectivity index (χ4v) is 4.10. The molecule has 30 heavy (non-hydrogen) atoms. The van der Waals surface area contributed by atoms with Crippen LogP contribution in [0, 0.1) is 12.3 Å². The third kappa shape index (κ3) is 4.38. The van der Waals surface area contributed by atoms with E-state index in [1.165, 1.54) is 11.3 Å². The first kappa shape index (κ1) is 21.6. The van der Waals surface area contributed by atoms with E-state index in [-0.39, 0.29) is 17.7 Å². The second-order valence-corrected chi connectivity index (χ2v) is 7.91. The van der Waals surface area contributed by atoms with Crippen molar-refractivity contribution in [3.63, 3.8) is 0 Å². The van der Waals surface area contributed by atoms with E-state index >= 15 is 0 Å². The lowest BCUT2D eigenvalue weighted by Gasteiger charge is -2.21. The molecule has 1 amide bonds. The molecule has 0 saturated heterocycles. The normalized spacial score (nSPS) is 10.8. The van der Waals surface area contributed by atoms with Crippen LogP contribution in [0.2, 0.25) is 0 Å². The molecule has 2 aromatic heterocycles. The van der Waals surface area contributed by atoms with Crippen LogP contribution < -0.4 is 15.8 Å². The van der Waals surface area contributed by atoms with Gasteiger partial charge in [0.05, 0.1) is 12.2 Å². The Balaban J connectivity index is 1.93. The average Bonchev–Trinajstić information content (AvgIpc) is 3.08. The molecule has 7 nitrogen and oxygen atoms in total. The maximum atomic E-state index is 12.8. The molecule has 0 atom stereocenters. The molecule has 0 radical (unpaired) electrons. The predicted molar refractivity (Wildman–Crippen MR) is 119 cm³/mol. The van der Waals surface area contributed by atoms with Gasteiger partial charge in [-0.2, -0.15) is 0 Å². The highest BCUT2D eigenvalue weighted by molar-refractivity contribution is 7.16. The highest BCUT2D eigenvalue weighted by Crippen LogP contribution is 2.29. The van der Waals surface area contributed by atoms with Crippen molar-refractivity contribution in [2.24, 2.45) is 0 Å². The monoisotopic (exact) mass is 427 g/mol. The van der Waals surface area contributed by atoms with Crippen LogP contribution >= 0.6 is 11.3 Å². The van der Waals surface area contributed by atoms with Crippen molar-refractivity contribution >= 4 is 44.9 Å². The first-order valence-corrected chi connectivity index (χ1v) is 10.7. The molecule has 8 heteroatoms. The van der Waals surface area contributed by atoms with Crippen LogP contribution in [0.5, 0.6) is 0 Å². The van der Waals surface area contributed by atoms with E-state index in [4.69, 9.17) is 14.6 Å². The molecular weight excluding hydrogens is 402 g/mol. The zero-order valence-corrected chi connectivity index (χ0v) is 18.3. The van der Waals surface area contributed by atoms with Crippen molar-refractivity contribution in [1.82, 2.24) is 0 Å². The highest BCUT2D eigenvalue weighted by atomic mass is 32.1. The van der Waals surface area contributed by atoms with Gasteiger partial charge in [0.25, 0.3) is 5.91 Å². The lowest BCUT2D eigenvalue weighted by molar-refractivity contribution is 0.0528. The van der Waals surface area contributed by atoms with Gasteiger partial charge in [0.2, 0.25) is 5.55 Å². The van der Waals surface area contributed by atoms with E-state index in [9.17, 15) is 9.59 Å². The summed E-state index contributed by atoms with van der Waals surface area (Å²) >= 11 is 1.28. The van der Waals surface area contributed by atoms with E-state index in [0.717, 1.165) is 29.0 Å². The maximum absolute atomic E-state index is 12.8. The van der Waals surface area contributed by atoms with Gasteiger partial charge in [-0.15, -0.1) is 11.3 Å². The fraction of sp³-hybridized carbons (Fsp3) is 0.318. The Morgan fingerprint density at radius 1 is 1.13 bits per heavy atom. The first-order chi connectivity index (χ1) is 14.4. The Hall–Kier alpha value is -3.13. The molecule has 158 valence electrons. The van der Waals surface area contributed by atoms with Crippen molar-refractivity contribution < 1.29 is 18.7 Å². The molecule has 0 aliphatic rings. The molecule has 0 fully saturated rings. The number of benzene rings is 1. The van der Waals surface area contributed by atoms with Gasteiger partial charge in [0, 0.05) is 35.1 Å². The number of rotatable bonds is 7. The van der Waals surface area contributed by atoms with Crippen molar-refractivity contribution in [2.45, 2.75) is 27.7 Å². The molecule has 0 aliphatic carbocycles. The van der Waals surface area contributed by atoms with Crippen LogP contribution in [0.3, 0.4) is 0 Å². The number of hydrogen-bond donors (Lipinski definition) is 2. The van der Waals surface area contributed by atoms with E-state index < -0.39 is 11.9 Å². The molecule has 2 N–H and O–H groups in total. The molecule has 2 heterocycles. The van der Waals surface area contributed by atoms with Gasteiger partial charge in [-0.05, 0) is 52.0 Å². The predicted octanol–water partition coefficient (Wildman–Crippen LogP) is 4.56.